The van der Waals surface area contributed by atoms with E-state index in [1.54, 1.807) is 48.5 Å². The summed E-state index contributed by atoms with van der Waals surface area (Å²) in [5.74, 6) is 1.00. The number of rotatable bonds is 10. The first-order chi connectivity index (χ1) is 19.1. The Morgan fingerprint density at radius 3 is 1.54 bits per heavy atom. The van der Waals surface area contributed by atoms with Crippen LogP contribution in [0.4, 0.5) is 0 Å². The van der Waals surface area contributed by atoms with Crippen molar-refractivity contribution in [2.24, 2.45) is 0 Å². The first-order valence-corrected chi connectivity index (χ1v) is 12.9. The van der Waals surface area contributed by atoms with Crippen LogP contribution >= 0.6 is 0 Å². The van der Waals surface area contributed by atoms with E-state index in [1.807, 2.05) is 48.5 Å². The molecule has 5 aromatic carbocycles. The molecule has 0 aromatic heterocycles. The quantitative estimate of drug-likeness (QED) is 0.113. The van der Waals surface area contributed by atoms with Crippen LogP contribution in [-0.2, 0) is 16.0 Å². The minimum atomic E-state index is -0.509. The molecule has 0 aliphatic rings. The van der Waals surface area contributed by atoms with Crippen molar-refractivity contribution < 1.29 is 28.5 Å². The summed E-state index contributed by atoms with van der Waals surface area (Å²) >= 11 is 0. The van der Waals surface area contributed by atoms with Gasteiger partial charge in [-0.15, -0.1) is 0 Å². The second-order valence-electron chi connectivity index (χ2n) is 8.99. The van der Waals surface area contributed by atoms with Gasteiger partial charge in [0.1, 0.15) is 23.0 Å². The normalized spacial score (nSPS) is 10.8. The van der Waals surface area contributed by atoms with Gasteiger partial charge in [-0.3, -0.25) is 0 Å². The van der Waals surface area contributed by atoms with Crippen molar-refractivity contribution in [1.82, 2.24) is 0 Å². The molecule has 0 aliphatic heterocycles. The number of fused-ring (bicyclic) bond motifs is 2. The summed E-state index contributed by atoms with van der Waals surface area (Å²) in [6.45, 7) is 1.58. The summed E-state index contributed by atoms with van der Waals surface area (Å²) in [6.07, 6.45) is 1.87. The van der Waals surface area contributed by atoms with E-state index in [0.717, 1.165) is 39.9 Å². The fourth-order valence-electron chi connectivity index (χ4n) is 4.46. The Hall–Kier alpha value is -4.84. The van der Waals surface area contributed by atoms with E-state index in [-0.39, 0.29) is 13.2 Å². The molecule has 39 heavy (non-hydrogen) atoms. The average molecular weight is 521 g/mol. The second-order valence-corrected chi connectivity index (χ2v) is 8.99. The zero-order chi connectivity index (χ0) is 27.0. The van der Waals surface area contributed by atoms with Crippen molar-refractivity contribution in [2.75, 3.05) is 13.2 Å². The van der Waals surface area contributed by atoms with E-state index < -0.39 is 11.9 Å². The third-order valence-electron chi connectivity index (χ3n) is 6.15. The Morgan fingerprint density at radius 2 is 1.03 bits per heavy atom. The number of para-hydroxylation sites is 2. The lowest BCUT2D eigenvalue weighted by Crippen LogP contribution is -2.19. The number of carbonyl (C=O) groups excluding carboxylic acids is 2. The van der Waals surface area contributed by atoms with Crippen molar-refractivity contribution in [2.45, 2.75) is 19.8 Å². The van der Waals surface area contributed by atoms with Gasteiger partial charge in [-0.05, 0) is 42.3 Å². The maximum absolute atomic E-state index is 12.6. The third kappa shape index (κ3) is 6.18. The lowest BCUT2D eigenvalue weighted by Gasteiger charge is -2.18. The number of benzene rings is 5. The molecule has 5 aromatic rings. The topological polar surface area (TPSA) is 71.1 Å². The Bertz CT molecular complexity index is 1600. The monoisotopic (exact) mass is 520 g/mol. The number of ether oxygens (including phenoxy) is 4. The van der Waals surface area contributed by atoms with Gasteiger partial charge in [-0.1, -0.05) is 86.1 Å². The molecule has 0 saturated carbocycles. The molecule has 5 rings (SSSR count). The van der Waals surface area contributed by atoms with Crippen LogP contribution in [0.2, 0.25) is 0 Å². The molecule has 0 unspecified atom stereocenters. The van der Waals surface area contributed by atoms with E-state index >= 15 is 0 Å². The first kappa shape index (κ1) is 25.8. The van der Waals surface area contributed by atoms with Gasteiger partial charge in [-0.2, -0.15) is 0 Å². The molecular weight excluding hydrogens is 492 g/mol. The summed E-state index contributed by atoms with van der Waals surface area (Å²) in [7, 11) is 0. The van der Waals surface area contributed by atoms with Crippen molar-refractivity contribution in [3.05, 3.63) is 109 Å². The van der Waals surface area contributed by atoms with Crippen LogP contribution in [0.1, 0.15) is 18.9 Å². The lowest BCUT2D eigenvalue weighted by molar-refractivity contribution is -0.137. The maximum atomic E-state index is 12.6. The van der Waals surface area contributed by atoms with Gasteiger partial charge in [0.2, 0.25) is 0 Å². The lowest BCUT2D eigenvalue weighted by atomic mass is 9.97. The van der Waals surface area contributed by atoms with Crippen molar-refractivity contribution >= 4 is 33.5 Å². The van der Waals surface area contributed by atoms with Crippen LogP contribution in [0.25, 0.3) is 21.5 Å². The number of esters is 2. The van der Waals surface area contributed by atoms with E-state index in [9.17, 15) is 9.59 Å². The van der Waals surface area contributed by atoms with E-state index in [0.29, 0.717) is 23.0 Å². The Kier molecular flexibility index (Phi) is 8.03. The van der Waals surface area contributed by atoms with E-state index in [2.05, 4.69) is 13.0 Å². The Labute approximate surface area is 226 Å². The second kappa shape index (κ2) is 12.1. The van der Waals surface area contributed by atoms with Crippen LogP contribution in [-0.4, -0.2) is 25.2 Å². The molecule has 0 radical (unpaired) electrons. The van der Waals surface area contributed by atoms with Gasteiger partial charge in [0, 0.05) is 21.5 Å². The first-order valence-electron chi connectivity index (χ1n) is 12.9. The fourth-order valence-corrected chi connectivity index (χ4v) is 4.46. The van der Waals surface area contributed by atoms with Gasteiger partial charge in [-0.25, -0.2) is 9.59 Å². The molecule has 0 fully saturated rings. The molecular formula is C33H28O6. The SMILES string of the molecule is CCCc1ccc2c(OCC(=O)Oc3ccccc3)c3ccccc3c(OCC(=O)Oc3ccccc3)c2c1. The summed E-state index contributed by atoms with van der Waals surface area (Å²) in [5.41, 5.74) is 1.13. The van der Waals surface area contributed by atoms with Gasteiger partial charge in [0.15, 0.2) is 13.2 Å². The molecule has 196 valence electrons. The predicted molar refractivity (Wildman–Crippen MR) is 151 cm³/mol. The van der Waals surface area contributed by atoms with Crippen LogP contribution in [0.5, 0.6) is 23.0 Å². The van der Waals surface area contributed by atoms with Crippen LogP contribution in [0, 0.1) is 0 Å². The highest BCUT2D eigenvalue weighted by atomic mass is 16.6. The highest BCUT2D eigenvalue weighted by molar-refractivity contribution is 6.11. The number of aryl methyl sites for hydroxylation is 1. The molecule has 6 heteroatoms. The third-order valence-corrected chi connectivity index (χ3v) is 6.15. The van der Waals surface area contributed by atoms with Crippen molar-refractivity contribution in [3.8, 4) is 23.0 Å². The molecule has 0 N–H and O–H groups in total. The van der Waals surface area contributed by atoms with Gasteiger partial charge in [0.25, 0.3) is 0 Å². The molecule has 6 nitrogen and oxygen atoms in total. The minimum absolute atomic E-state index is 0.268. The highest BCUT2D eigenvalue weighted by Crippen LogP contribution is 2.43. The maximum Gasteiger partial charge on any atom is 0.349 e. The van der Waals surface area contributed by atoms with Crippen molar-refractivity contribution in [1.29, 1.82) is 0 Å². The summed E-state index contributed by atoms with van der Waals surface area (Å²) in [4.78, 5) is 25.2. The van der Waals surface area contributed by atoms with E-state index in [1.165, 1.54) is 0 Å². The Morgan fingerprint density at radius 1 is 0.564 bits per heavy atom. The molecule has 0 spiro atoms. The summed E-state index contributed by atoms with van der Waals surface area (Å²) < 4.78 is 23.1. The number of hydrogen-bond donors (Lipinski definition) is 0. The summed E-state index contributed by atoms with van der Waals surface area (Å²) in [6, 6.07) is 31.4. The fraction of sp³-hybridized carbons (Fsp3) is 0.152. The van der Waals surface area contributed by atoms with Gasteiger partial charge in [0.05, 0.1) is 0 Å². The molecule has 0 aliphatic carbocycles. The predicted octanol–water partition coefficient (Wildman–Crippen LogP) is 6.91. The Balaban J connectivity index is 1.48. The van der Waals surface area contributed by atoms with Gasteiger partial charge >= 0.3 is 11.9 Å². The zero-order valence-electron chi connectivity index (χ0n) is 21.6. The molecule has 0 heterocycles. The largest absolute Gasteiger partial charge is 0.481 e. The highest BCUT2D eigenvalue weighted by Gasteiger charge is 2.19. The van der Waals surface area contributed by atoms with Gasteiger partial charge < -0.3 is 18.9 Å². The number of hydrogen-bond acceptors (Lipinski definition) is 6. The molecule has 0 saturated heterocycles. The van der Waals surface area contributed by atoms with Crippen LogP contribution < -0.4 is 18.9 Å². The van der Waals surface area contributed by atoms with Crippen LogP contribution in [0.3, 0.4) is 0 Å². The zero-order valence-corrected chi connectivity index (χ0v) is 21.6. The van der Waals surface area contributed by atoms with Crippen molar-refractivity contribution in [3.63, 3.8) is 0 Å². The van der Waals surface area contributed by atoms with Crippen LogP contribution in [0.15, 0.2) is 103 Å². The van der Waals surface area contributed by atoms with E-state index in [4.69, 9.17) is 18.9 Å². The molecule has 0 amide bonds. The number of carbonyl (C=O) groups is 2. The smallest absolute Gasteiger partial charge is 0.349 e. The average Bonchev–Trinajstić information content (AvgIpc) is 2.96. The standard InChI is InChI=1S/C33H28O6/c1-2-11-23-18-19-28-29(20-23)33(37-22-31(35)39-25-14-7-4-8-15-25)27-17-10-9-16-26(27)32(28)36-21-30(34)38-24-12-5-3-6-13-24/h3-10,12-20H,2,11,21-22H2,1H3. The minimum Gasteiger partial charge on any atom is -0.481 e. The molecule has 0 atom stereocenters. The summed E-state index contributed by atoms with van der Waals surface area (Å²) in [5, 5.41) is 3.08. The molecule has 0 bridgehead atoms.